The number of benzene rings is 1. The number of nitrogens with one attached hydrogen (secondary N) is 1. The smallest absolute Gasteiger partial charge is 0.0208 e. The van der Waals surface area contributed by atoms with Gasteiger partial charge in [-0.05, 0) is 18.1 Å². The molecule has 0 aromatic heterocycles. The molecule has 0 saturated heterocycles. The Bertz CT molecular complexity index is 368. The van der Waals surface area contributed by atoms with Crippen molar-refractivity contribution in [1.29, 1.82) is 0 Å². The molecule has 0 heterocycles. The molecule has 1 N–H and O–H groups in total. The lowest BCUT2D eigenvalue weighted by Crippen LogP contribution is -2.12. The van der Waals surface area contributed by atoms with Crippen LogP contribution >= 0.6 is 0 Å². The Morgan fingerprint density at radius 2 is 2.06 bits per heavy atom. The van der Waals surface area contributed by atoms with Gasteiger partial charge in [-0.3, -0.25) is 0 Å². The molecule has 1 aromatic carbocycles. The molecule has 17 heavy (non-hydrogen) atoms. The molecule has 0 amide bonds. The molecule has 0 fully saturated rings. The Morgan fingerprint density at radius 1 is 1.24 bits per heavy atom. The van der Waals surface area contributed by atoms with Gasteiger partial charge in [-0.25, -0.2) is 0 Å². The van der Waals surface area contributed by atoms with E-state index in [0.717, 1.165) is 19.5 Å². The molecule has 1 nitrogen and oxygen atoms in total. The summed E-state index contributed by atoms with van der Waals surface area (Å²) in [6, 6.07) is 10.4. The standard InChI is InChI=1S/C16H21N/c1-2-3-4-5-6-7-11-14-17-15-16-12-9-8-10-13-16/h7-13,17H,2-4,14-15H2,1H3/b11-7-. The Hall–Kier alpha value is -1.52. The fourth-order valence-corrected chi connectivity index (χ4v) is 1.41. The number of rotatable bonds is 6. The SMILES string of the molecule is CCCCC#C/C=C\CNCc1ccccc1. The molecule has 0 aliphatic heterocycles. The summed E-state index contributed by atoms with van der Waals surface area (Å²) in [6.07, 6.45) is 7.44. The van der Waals surface area contributed by atoms with E-state index in [4.69, 9.17) is 0 Å². The summed E-state index contributed by atoms with van der Waals surface area (Å²) < 4.78 is 0. The largest absolute Gasteiger partial charge is 0.309 e. The molecule has 0 unspecified atom stereocenters. The molecule has 0 spiro atoms. The second kappa shape index (κ2) is 9.69. The van der Waals surface area contributed by atoms with Crippen LogP contribution < -0.4 is 5.32 Å². The average Bonchev–Trinajstić information content (AvgIpc) is 2.38. The van der Waals surface area contributed by atoms with E-state index in [1.165, 1.54) is 18.4 Å². The van der Waals surface area contributed by atoms with Crippen molar-refractivity contribution in [3.8, 4) is 11.8 Å². The van der Waals surface area contributed by atoms with E-state index in [9.17, 15) is 0 Å². The molecule has 90 valence electrons. The summed E-state index contributed by atoms with van der Waals surface area (Å²) in [5, 5.41) is 3.35. The van der Waals surface area contributed by atoms with Crippen molar-refractivity contribution >= 4 is 0 Å². The molecule has 0 aliphatic carbocycles. The first-order chi connectivity index (χ1) is 8.43. The van der Waals surface area contributed by atoms with Crippen molar-refractivity contribution in [2.45, 2.75) is 32.7 Å². The van der Waals surface area contributed by atoms with E-state index in [1.54, 1.807) is 0 Å². The fraction of sp³-hybridized carbons (Fsp3) is 0.375. The fourth-order valence-electron chi connectivity index (χ4n) is 1.41. The van der Waals surface area contributed by atoms with Crippen LogP contribution in [0, 0.1) is 11.8 Å². The summed E-state index contributed by atoms with van der Waals surface area (Å²) in [5.74, 6) is 6.18. The van der Waals surface area contributed by atoms with Gasteiger partial charge in [0, 0.05) is 19.5 Å². The van der Waals surface area contributed by atoms with Gasteiger partial charge in [0.05, 0.1) is 0 Å². The van der Waals surface area contributed by atoms with Crippen molar-refractivity contribution in [1.82, 2.24) is 5.32 Å². The van der Waals surface area contributed by atoms with Crippen LogP contribution in [0.2, 0.25) is 0 Å². The van der Waals surface area contributed by atoms with E-state index in [-0.39, 0.29) is 0 Å². The molecule has 0 saturated carbocycles. The quantitative estimate of drug-likeness (QED) is 0.579. The van der Waals surface area contributed by atoms with Gasteiger partial charge in [-0.1, -0.05) is 61.6 Å². The molecule has 0 atom stereocenters. The summed E-state index contributed by atoms with van der Waals surface area (Å²) in [5.41, 5.74) is 1.31. The van der Waals surface area contributed by atoms with Crippen LogP contribution in [0.15, 0.2) is 42.5 Å². The third-order valence-electron chi connectivity index (χ3n) is 2.39. The van der Waals surface area contributed by atoms with E-state index in [0.29, 0.717) is 0 Å². The van der Waals surface area contributed by atoms with Crippen LogP contribution in [-0.2, 0) is 6.54 Å². The van der Waals surface area contributed by atoms with Gasteiger partial charge in [0.2, 0.25) is 0 Å². The monoisotopic (exact) mass is 227 g/mol. The van der Waals surface area contributed by atoms with E-state index >= 15 is 0 Å². The molecule has 1 heteroatoms. The highest BCUT2D eigenvalue weighted by Crippen LogP contribution is 1.96. The zero-order valence-electron chi connectivity index (χ0n) is 10.6. The van der Waals surface area contributed by atoms with Gasteiger partial charge >= 0.3 is 0 Å². The maximum atomic E-state index is 3.35. The predicted octanol–water partition coefficient (Wildman–Crippen LogP) is 3.53. The van der Waals surface area contributed by atoms with Crippen LogP contribution in [-0.4, -0.2) is 6.54 Å². The minimum Gasteiger partial charge on any atom is -0.309 e. The van der Waals surface area contributed by atoms with E-state index in [1.807, 2.05) is 12.1 Å². The third kappa shape index (κ3) is 7.38. The van der Waals surface area contributed by atoms with Gasteiger partial charge in [0.15, 0.2) is 0 Å². The minimum absolute atomic E-state index is 0.872. The number of unbranched alkanes of at least 4 members (excludes halogenated alkanes) is 2. The molecule has 1 aromatic rings. The average molecular weight is 227 g/mol. The zero-order chi connectivity index (χ0) is 12.2. The first-order valence-corrected chi connectivity index (χ1v) is 6.31. The van der Waals surface area contributed by atoms with Gasteiger partial charge < -0.3 is 5.32 Å². The molecule has 1 rings (SSSR count). The van der Waals surface area contributed by atoms with E-state index < -0.39 is 0 Å². The van der Waals surface area contributed by atoms with Crippen LogP contribution in [0.25, 0.3) is 0 Å². The Labute approximate surface area is 105 Å². The second-order valence-electron chi connectivity index (χ2n) is 3.94. The number of allylic oxidation sites excluding steroid dienone is 1. The summed E-state index contributed by atoms with van der Waals surface area (Å²) in [4.78, 5) is 0. The molecular weight excluding hydrogens is 206 g/mol. The maximum Gasteiger partial charge on any atom is 0.0208 e. The first-order valence-electron chi connectivity index (χ1n) is 6.31. The van der Waals surface area contributed by atoms with Crippen LogP contribution in [0.1, 0.15) is 31.7 Å². The van der Waals surface area contributed by atoms with Crippen molar-refractivity contribution < 1.29 is 0 Å². The van der Waals surface area contributed by atoms with E-state index in [2.05, 4.69) is 54.4 Å². The lowest BCUT2D eigenvalue weighted by molar-refractivity contribution is 0.760. The molecular formula is C16H21N. The first kappa shape index (κ1) is 13.5. The Kier molecular flexibility index (Phi) is 7.72. The maximum absolute atomic E-state index is 3.35. The lowest BCUT2D eigenvalue weighted by Gasteiger charge is -2.00. The Balaban J connectivity index is 2.07. The third-order valence-corrected chi connectivity index (χ3v) is 2.39. The van der Waals surface area contributed by atoms with Gasteiger partial charge in [0.25, 0.3) is 0 Å². The van der Waals surface area contributed by atoms with Crippen LogP contribution in [0.4, 0.5) is 0 Å². The summed E-state index contributed by atoms with van der Waals surface area (Å²) in [7, 11) is 0. The van der Waals surface area contributed by atoms with Gasteiger partial charge in [0.1, 0.15) is 0 Å². The second-order valence-corrected chi connectivity index (χ2v) is 3.94. The van der Waals surface area contributed by atoms with Gasteiger partial charge in [-0.15, -0.1) is 0 Å². The lowest BCUT2D eigenvalue weighted by atomic mass is 10.2. The molecule has 0 radical (unpaired) electrons. The van der Waals surface area contributed by atoms with Crippen molar-refractivity contribution in [2.24, 2.45) is 0 Å². The molecule has 0 bridgehead atoms. The highest BCUT2D eigenvalue weighted by atomic mass is 14.8. The minimum atomic E-state index is 0.872. The Morgan fingerprint density at radius 3 is 2.82 bits per heavy atom. The highest BCUT2D eigenvalue weighted by Gasteiger charge is 1.87. The zero-order valence-corrected chi connectivity index (χ0v) is 10.6. The number of hydrogen-bond acceptors (Lipinski definition) is 1. The highest BCUT2D eigenvalue weighted by molar-refractivity contribution is 5.16. The van der Waals surface area contributed by atoms with Crippen LogP contribution in [0.5, 0.6) is 0 Å². The topological polar surface area (TPSA) is 12.0 Å². The van der Waals surface area contributed by atoms with Crippen molar-refractivity contribution in [3.63, 3.8) is 0 Å². The summed E-state index contributed by atoms with van der Waals surface area (Å²) in [6.45, 7) is 3.97. The van der Waals surface area contributed by atoms with Crippen molar-refractivity contribution in [2.75, 3.05) is 6.54 Å². The molecule has 0 aliphatic rings. The van der Waals surface area contributed by atoms with Crippen LogP contribution in [0.3, 0.4) is 0 Å². The van der Waals surface area contributed by atoms with Gasteiger partial charge in [-0.2, -0.15) is 0 Å². The normalized spacial score (nSPS) is 10.2. The number of hydrogen-bond donors (Lipinski definition) is 1. The predicted molar refractivity (Wildman–Crippen MR) is 74.6 cm³/mol. The summed E-state index contributed by atoms with van der Waals surface area (Å²) >= 11 is 0. The van der Waals surface area contributed by atoms with Crippen molar-refractivity contribution in [3.05, 3.63) is 48.0 Å².